The van der Waals surface area contributed by atoms with Crippen LogP contribution in [-0.4, -0.2) is 0 Å². The first-order valence-corrected chi connectivity index (χ1v) is 6.95. The predicted molar refractivity (Wildman–Crippen MR) is 90.2 cm³/mol. The van der Waals surface area contributed by atoms with E-state index in [1.807, 2.05) is 60.7 Å². The van der Waals surface area contributed by atoms with E-state index in [1.54, 1.807) is 6.08 Å². The van der Waals surface area contributed by atoms with Gasteiger partial charge in [-0.1, -0.05) is 48.5 Å². The van der Waals surface area contributed by atoms with Crippen LogP contribution in [0.5, 0.6) is 0 Å². The molecule has 0 saturated carbocycles. The normalized spacial score (nSPS) is 10.9. The van der Waals surface area contributed by atoms with Crippen LogP contribution < -0.4 is 11.2 Å². The Kier molecular flexibility index (Phi) is 3.88. The first-order chi connectivity index (χ1) is 10.7. The van der Waals surface area contributed by atoms with Gasteiger partial charge in [0.1, 0.15) is 11.5 Å². The third-order valence-electron chi connectivity index (χ3n) is 3.22. The van der Waals surface area contributed by atoms with E-state index >= 15 is 0 Å². The van der Waals surface area contributed by atoms with Crippen LogP contribution in [0.1, 0.15) is 11.3 Å². The smallest absolute Gasteiger partial charge is 0.186 e. The third-order valence-corrected chi connectivity index (χ3v) is 3.22. The molecular formula is C19H15NO2. The summed E-state index contributed by atoms with van der Waals surface area (Å²) in [6.45, 7) is 0. The molecule has 1 heterocycles. The number of hydrogen-bond acceptors (Lipinski definition) is 3. The lowest BCUT2D eigenvalue weighted by molar-refractivity contribution is 0.554. The molecule has 3 aromatic rings. The van der Waals surface area contributed by atoms with Gasteiger partial charge in [-0.25, -0.2) is 0 Å². The lowest BCUT2D eigenvalue weighted by Crippen LogP contribution is -1.98. The van der Waals surface area contributed by atoms with Crippen molar-refractivity contribution in [1.82, 2.24) is 0 Å². The van der Waals surface area contributed by atoms with E-state index in [0.29, 0.717) is 11.5 Å². The van der Waals surface area contributed by atoms with Crippen LogP contribution in [0.25, 0.3) is 23.5 Å². The van der Waals surface area contributed by atoms with E-state index in [-0.39, 0.29) is 5.43 Å². The Hall–Kier alpha value is -3.07. The van der Waals surface area contributed by atoms with E-state index in [4.69, 9.17) is 10.2 Å². The van der Waals surface area contributed by atoms with Gasteiger partial charge >= 0.3 is 0 Å². The fourth-order valence-corrected chi connectivity index (χ4v) is 2.11. The molecule has 3 heteroatoms. The highest BCUT2D eigenvalue weighted by Crippen LogP contribution is 2.19. The number of rotatable bonds is 3. The summed E-state index contributed by atoms with van der Waals surface area (Å²) < 4.78 is 5.78. The Labute approximate surface area is 128 Å². The maximum atomic E-state index is 11.8. The van der Waals surface area contributed by atoms with Crippen LogP contribution in [0.3, 0.4) is 0 Å². The van der Waals surface area contributed by atoms with Gasteiger partial charge in [0.2, 0.25) is 0 Å². The molecule has 0 amide bonds. The third kappa shape index (κ3) is 3.33. The molecule has 2 aromatic carbocycles. The molecule has 2 N–H and O–H groups in total. The van der Waals surface area contributed by atoms with Crippen molar-refractivity contribution in [3.63, 3.8) is 0 Å². The summed E-state index contributed by atoms with van der Waals surface area (Å²) in [5.41, 5.74) is 8.16. The number of nitrogen functional groups attached to an aromatic ring is 1. The molecule has 0 radical (unpaired) electrons. The van der Waals surface area contributed by atoms with Gasteiger partial charge in [-0.15, -0.1) is 0 Å². The van der Waals surface area contributed by atoms with Crippen LogP contribution in [0.4, 0.5) is 5.69 Å². The zero-order valence-electron chi connectivity index (χ0n) is 11.9. The Morgan fingerprint density at radius 2 is 1.59 bits per heavy atom. The van der Waals surface area contributed by atoms with Crippen LogP contribution in [-0.2, 0) is 0 Å². The zero-order valence-corrected chi connectivity index (χ0v) is 11.9. The maximum Gasteiger partial charge on any atom is 0.186 e. The minimum atomic E-state index is -0.0814. The molecule has 0 bridgehead atoms. The van der Waals surface area contributed by atoms with E-state index in [9.17, 15) is 4.79 Å². The number of anilines is 1. The van der Waals surface area contributed by atoms with Gasteiger partial charge in [0, 0.05) is 23.4 Å². The van der Waals surface area contributed by atoms with E-state index in [2.05, 4.69) is 0 Å². The van der Waals surface area contributed by atoms with Crippen molar-refractivity contribution in [2.45, 2.75) is 0 Å². The molecule has 0 spiro atoms. The summed E-state index contributed by atoms with van der Waals surface area (Å²) in [7, 11) is 0. The molecule has 0 fully saturated rings. The second-order valence-electron chi connectivity index (χ2n) is 4.93. The zero-order chi connectivity index (χ0) is 15.4. The molecule has 0 aliphatic carbocycles. The Morgan fingerprint density at radius 3 is 2.32 bits per heavy atom. The van der Waals surface area contributed by atoms with Gasteiger partial charge in [0.05, 0.1) is 0 Å². The molecule has 0 unspecified atom stereocenters. The van der Waals surface area contributed by atoms with Crippen molar-refractivity contribution in [2.24, 2.45) is 0 Å². The summed E-state index contributed by atoms with van der Waals surface area (Å²) in [5.74, 6) is 1.08. The van der Waals surface area contributed by atoms with Crippen LogP contribution in [0.2, 0.25) is 0 Å². The molecule has 0 aliphatic heterocycles. The second-order valence-corrected chi connectivity index (χ2v) is 4.93. The monoisotopic (exact) mass is 289 g/mol. The largest absolute Gasteiger partial charge is 0.456 e. The highest BCUT2D eigenvalue weighted by Gasteiger charge is 2.02. The Balaban J connectivity index is 1.93. The Bertz CT molecular complexity index is 847. The average Bonchev–Trinajstić information content (AvgIpc) is 2.55. The summed E-state index contributed by atoms with van der Waals surface area (Å²) in [6.07, 6.45) is 3.66. The fraction of sp³-hybridized carbons (Fsp3) is 0. The summed E-state index contributed by atoms with van der Waals surface area (Å²) in [5, 5.41) is 0. The standard InChI is InChI=1S/C19H15NO2/c20-16-9-6-14(7-10-16)8-11-18-12-17(21)13-19(22-18)15-4-2-1-3-5-15/h1-13H,20H2. The lowest BCUT2D eigenvalue weighted by atomic mass is 10.1. The summed E-state index contributed by atoms with van der Waals surface area (Å²) in [6, 6.07) is 20.0. The topological polar surface area (TPSA) is 56.2 Å². The van der Waals surface area contributed by atoms with Crippen molar-refractivity contribution in [3.05, 3.63) is 88.3 Å². The van der Waals surface area contributed by atoms with Crippen molar-refractivity contribution in [3.8, 4) is 11.3 Å². The molecule has 22 heavy (non-hydrogen) atoms. The van der Waals surface area contributed by atoms with Crippen molar-refractivity contribution >= 4 is 17.8 Å². The van der Waals surface area contributed by atoms with Crippen LogP contribution >= 0.6 is 0 Å². The quantitative estimate of drug-likeness (QED) is 0.740. The SMILES string of the molecule is Nc1ccc(C=Cc2cc(=O)cc(-c3ccccc3)o2)cc1. The number of nitrogens with two attached hydrogens (primary N) is 1. The van der Waals surface area contributed by atoms with E-state index in [1.165, 1.54) is 12.1 Å². The van der Waals surface area contributed by atoms with Crippen molar-refractivity contribution in [1.29, 1.82) is 0 Å². The van der Waals surface area contributed by atoms with Crippen LogP contribution in [0, 0.1) is 0 Å². The number of benzene rings is 2. The van der Waals surface area contributed by atoms with Gasteiger partial charge in [0.25, 0.3) is 0 Å². The highest BCUT2D eigenvalue weighted by atomic mass is 16.3. The Morgan fingerprint density at radius 1 is 0.864 bits per heavy atom. The van der Waals surface area contributed by atoms with Gasteiger partial charge in [-0.05, 0) is 23.8 Å². The van der Waals surface area contributed by atoms with Crippen molar-refractivity contribution in [2.75, 3.05) is 5.73 Å². The highest BCUT2D eigenvalue weighted by molar-refractivity contribution is 5.69. The summed E-state index contributed by atoms with van der Waals surface area (Å²) >= 11 is 0. The lowest BCUT2D eigenvalue weighted by Gasteiger charge is -2.02. The maximum absolute atomic E-state index is 11.8. The predicted octanol–water partition coefficient (Wildman–Crippen LogP) is 4.06. The number of hydrogen-bond donors (Lipinski definition) is 1. The van der Waals surface area contributed by atoms with E-state index < -0.39 is 0 Å². The van der Waals surface area contributed by atoms with Gasteiger partial charge in [-0.3, -0.25) is 4.79 Å². The van der Waals surface area contributed by atoms with Gasteiger partial charge in [0.15, 0.2) is 5.43 Å². The second kappa shape index (κ2) is 6.14. The van der Waals surface area contributed by atoms with E-state index in [0.717, 1.165) is 16.8 Å². The molecule has 0 aliphatic rings. The molecule has 1 aromatic heterocycles. The average molecular weight is 289 g/mol. The molecular weight excluding hydrogens is 274 g/mol. The first kappa shape index (κ1) is 13.9. The van der Waals surface area contributed by atoms with Crippen LogP contribution in [0.15, 0.2) is 75.9 Å². The summed E-state index contributed by atoms with van der Waals surface area (Å²) in [4.78, 5) is 11.8. The minimum absolute atomic E-state index is 0.0814. The molecule has 3 nitrogen and oxygen atoms in total. The molecule has 0 atom stereocenters. The molecule has 3 rings (SSSR count). The first-order valence-electron chi connectivity index (χ1n) is 6.95. The molecule has 108 valence electrons. The van der Waals surface area contributed by atoms with Crippen molar-refractivity contribution < 1.29 is 4.42 Å². The van der Waals surface area contributed by atoms with Gasteiger partial charge < -0.3 is 10.2 Å². The minimum Gasteiger partial charge on any atom is -0.456 e. The fourth-order valence-electron chi connectivity index (χ4n) is 2.11. The molecule has 0 saturated heterocycles. The van der Waals surface area contributed by atoms with Gasteiger partial charge in [-0.2, -0.15) is 0 Å².